The molecule has 5 nitrogen and oxygen atoms in total. The quantitative estimate of drug-likeness (QED) is 0.550. The number of hydrogen-bond donors (Lipinski definition) is 0. The van der Waals surface area contributed by atoms with Crippen molar-refractivity contribution in [3.8, 4) is 0 Å². The monoisotopic (exact) mass is 351 g/mol. The minimum atomic E-state index is -3.71. The van der Waals surface area contributed by atoms with Crippen LogP contribution in [-0.2, 0) is 9.05 Å². The first-order valence-electron chi connectivity index (χ1n) is 7.25. The molecule has 0 radical (unpaired) electrons. The van der Waals surface area contributed by atoms with Crippen LogP contribution in [0.2, 0.25) is 0 Å². The van der Waals surface area contributed by atoms with Crippen LogP contribution in [0.3, 0.4) is 0 Å². The Morgan fingerprint density at radius 3 is 1.70 bits per heavy atom. The largest absolute Gasteiger partial charge is 0.372 e. The molecule has 7 heteroatoms. The van der Waals surface area contributed by atoms with Crippen LogP contribution in [0, 0.1) is 0 Å². The van der Waals surface area contributed by atoms with Crippen molar-refractivity contribution in [2.45, 2.75) is 18.7 Å². The predicted octanol–water partition coefficient (Wildman–Crippen LogP) is 4.88. The summed E-state index contributed by atoms with van der Waals surface area (Å²) in [6.45, 7) is 6.13. The van der Waals surface area contributed by atoms with E-state index in [-0.39, 0.29) is 4.90 Å². The van der Waals surface area contributed by atoms with Gasteiger partial charge in [-0.3, -0.25) is 0 Å². The van der Waals surface area contributed by atoms with Gasteiger partial charge < -0.3 is 4.90 Å². The molecule has 0 bridgehead atoms. The van der Waals surface area contributed by atoms with E-state index in [0.29, 0.717) is 5.69 Å². The first-order chi connectivity index (χ1) is 10.9. The topological polar surface area (TPSA) is 62.1 Å². The molecule has 0 aliphatic heterocycles. The van der Waals surface area contributed by atoms with Crippen LogP contribution >= 0.6 is 10.7 Å². The molecule has 0 aliphatic rings. The van der Waals surface area contributed by atoms with Gasteiger partial charge in [-0.1, -0.05) is 0 Å². The molecule has 0 unspecified atom stereocenters. The summed E-state index contributed by atoms with van der Waals surface area (Å²) in [6.07, 6.45) is 0. The zero-order chi connectivity index (χ0) is 16.9. The van der Waals surface area contributed by atoms with E-state index in [2.05, 4.69) is 29.0 Å². The highest BCUT2D eigenvalue weighted by atomic mass is 35.7. The smallest absolute Gasteiger partial charge is 0.261 e. The summed E-state index contributed by atoms with van der Waals surface area (Å²) in [6, 6.07) is 13.7. The molecule has 0 spiro atoms. The predicted molar refractivity (Wildman–Crippen MR) is 93.7 cm³/mol. The minimum Gasteiger partial charge on any atom is -0.372 e. The molecule has 2 rings (SSSR count). The van der Waals surface area contributed by atoms with Crippen molar-refractivity contribution in [2.24, 2.45) is 10.2 Å². The maximum atomic E-state index is 11.2. The molecular formula is C16H18ClN3O2S. The third-order valence-corrected chi connectivity index (χ3v) is 4.75. The van der Waals surface area contributed by atoms with Crippen LogP contribution in [-0.4, -0.2) is 21.5 Å². The van der Waals surface area contributed by atoms with Gasteiger partial charge in [-0.05, 0) is 62.4 Å². The highest BCUT2D eigenvalue weighted by Gasteiger charge is 2.08. The minimum absolute atomic E-state index is 0.0432. The van der Waals surface area contributed by atoms with Crippen molar-refractivity contribution in [3.05, 3.63) is 48.5 Å². The molecule has 0 fully saturated rings. The first kappa shape index (κ1) is 17.4. The molecule has 0 amide bonds. The highest BCUT2D eigenvalue weighted by Crippen LogP contribution is 2.23. The molecule has 23 heavy (non-hydrogen) atoms. The molecule has 0 aliphatic carbocycles. The second-order valence-corrected chi connectivity index (χ2v) is 7.39. The summed E-state index contributed by atoms with van der Waals surface area (Å²) >= 11 is 0. The third kappa shape index (κ3) is 4.77. The lowest BCUT2D eigenvalue weighted by Gasteiger charge is -2.20. The van der Waals surface area contributed by atoms with Gasteiger partial charge >= 0.3 is 0 Å². The van der Waals surface area contributed by atoms with Gasteiger partial charge in [-0.2, -0.15) is 10.2 Å². The van der Waals surface area contributed by atoms with Crippen LogP contribution in [0.25, 0.3) is 0 Å². The van der Waals surface area contributed by atoms with E-state index < -0.39 is 9.05 Å². The number of hydrogen-bond acceptors (Lipinski definition) is 5. The summed E-state index contributed by atoms with van der Waals surface area (Å²) in [4.78, 5) is 2.29. The van der Waals surface area contributed by atoms with Gasteiger partial charge in [-0.15, -0.1) is 0 Å². The summed E-state index contributed by atoms with van der Waals surface area (Å²) in [7, 11) is 1.55. The number of rotatable bonds is 6. The zero-order valence-electron chi connectivity index (χ0n) is 13.0. The lowest BCUT2D eigenvalue weighted by atomic mass is 10.2. The molecule has 122 valence electrons. The van der Waals surface area contributed by atoms with Crippen LogP contribution in [0.1, 0.15) is 13.8 Å². The van der Waals surface area contributed by atoms with E-state index in [9.17, 15) is 8.42 Å². The van der Waals surface area contributed by atoms with Crippen LogP contribution < -0.4 is 4.90 Å². The summed E-state index contributed by atoms with van der Waals surface area (Å²) in [5.74, 6) is 0. The number of halogens is 1. The fourth-order valence-corrected chi connectivity index (χ4v) is 2.88. The molecule has 0 N–H and O–H groups in total. The average Bonchev–Trinajstić information content (AvgIpc) is 2.55. The highest BCUT2D eigenvalue weighted by molar-refractivity contribution is 8.13. The number of benzene rings is 2. The van der Waals surface area contributed by atoms with E-state index in [4.69, 9.17) is 10.7 Å². The Morgan fingerprint density at radius 1 is 0.870 bits per heavy atom. The van der Waals surface area contributed by atoms with E-state index in [0.717, 1.165) is 24.5 Å². The van der Waals surface area contributed by atoms with Gasteiger partial charge in [0.1, 0.15) is 0 Å². The number of azo groups is 1. The van der Waals surface area contributed by atoms with Crippen molar-refractivity contribution >= 4 is 36.8 Å². The lowest BCUT2D eigenvalue weighted by molar-refractivity contribution is 0.609. The van der Waals surface area contributed by atoms with Gasteiger partial charge in [0.25, 0.3) is 9.05 Å². The fourth-order valence-electron chi connectivity index (χ4n) is 2.11. The Bertz CT molecular complexity index is 768. The van der Waals surface area contributed by atoms with E-state index in [1.807, 2.05) is 24.3 Å². The normalized spacial score (nSPS) is 11.8. The number of nitrogens with zero attached hydrogens (tertiary/aromatic N) is 3. The Hall–Kier alpha value is -1.92. The lowest BCUT2D eigenvalue weighted by Crippen LogP contribution is -2.21. The zero-order valence-corrected chi connectivity index (χ0v) is 14.5. The van der Waals surface area contributed by atoms with E-state index in [1.165, 1.54) is 12.1 Å². The van der Waals surface area contributed by atoms with Gasteiger partial charge in [-0.25, -0.2) is 8.42 Å². The van der Waals surface area contributed by atoms with Crippen molar-refractivity contribution in [1.29, 1.82) is 0 Å². The Morgan fingerprint density at radius 2 is 1.30 bits per heavy atom. The van der Waals surface area contributed by atoms with Crippen LogP contribution in [0.5, 0.6) is 0 Å². The molecule has 0 atom stereocenters. The summed E-state index contributed by atoms with van der Waals surface area (Å²) < 4.78 is 22.3. The SMILES string of the molecule is CCN(CC)c1ccc(N=Nc2ccc(S(=O)(=O)Cl)cc2)cc1. The van der Waals surface area contributed by atoms with Gasteiger partial charge in [0, 0.05) is 29.5 Å². The summed E-state index contributed by atoms with van der Waals surface area (Å²) in [5.41, 5.74) is 2.43. The molecule has 0 saturated heterocycles. The van der Waals surface area contributed by atoms with Gasteiger partial charge in [0.2, 0.25) is 0 Å². The van der Waals surface area contributed by atoms with Gasteiger partial charge in [0.05, 0.1) is 16.3 Å². The Labute approximate surface area is 141 Å². The second-order valence-electron chi connectivity index (χ2n) is 4.82. The molecule has 2 aromatic carbocycles. The van der Waals surface area contributed by atoms with E-state index >= 15 is 0 Å². The van der Waals surface area contributed by atoms with Crippen molar-refractivity contribution < 1.29 is 8.42 Å². The standard InChI is InChI=1S/C16H18ClN3O2S/c1-3-20(4-2)15-9-5-13(6-10-15)18-19-14-7-11-16(12-8-14)23(17,21)22/h5-12H,3-4H2,1-2H3. The first-order valence-corrected chi connectivity index (χ1v) is 9.56. The molecular weight excluding hydrogens is 334 g/mol. The third-order valence-electron chi connectivity index (χ3n) is 3.38. The van der Waals surface area contributed by atoms with Crippen molar-refractivity contribution in [1.82, 2.24) is 0 Å². The van der Waals surface area contributed by atoms with Crippen LogP contribution in [0.4, 0.5) is 17.1 Å². The Kier molecular flexibility index (Phi) is 5.74. The van der Waals surface area contributed by atoms with E-state index in [1.54, 1.807) is 12.1 Å². The number of anilines is 1. The maximum absolute atomic E-state index is 11.2. The molecule has 0 saturated carbocycles. The molecule has 0 aromatic heterocycles. The van der Waals surface area contributed by atoms with Gasteiger partial charge in [0.15, 0.2) is 0 Å². The van der Waals surface area contributed by atoms with Crippen LogP contribution in [0.15, 0.2) is 63.7 Å². The molecule has 2 aromatic rings. The molecule has 0 heterocycles. The maximum Gasteiger partial charge on any atom is 0.261 e. The summed E-state index contributed by atoms with van der Waals surface area (Å²) in [5, 5.41) is 8.23. The average molecular weight is 352 g/mol. The fraction of sp³-hybridized carbons (Fsp3) is 0.250. The van der Waals surface area contributed by atoms with Crippen molar-refractivity contribution in [2.75, 3.05) is 18.0 Å². The van der Waals surface area contributed by atoms with Crippen molar-refractivity contribution in [3.63, 3.8) is 0 Å². The second kappa shape index (κ2) is 7.57. The Balaban J connectivity index is 2.11.